The smallest absolute Gasteiger partial charge is 0.208 e. The molecule has 6 heteroatoms. The molecule has 4 rings (SSSR count). The molecule has 0 N–H and O–H groups in total. The monoisotopic (exact) mass is 409 g/mol. The van der Waals surface area contributed by atoms with Crippen LogP contribution in [0.25, 0.3) is 22.0 Å². The molecule has 0 atom stereocenters. The zero-order valence-corrected chi connectivity index (χ0v) is 16.6. The van der Waals surface area contributed by atoms with Gasteiger partial charge in [0.2, 0.25) is 9.84 Å². The number of hydrogen-bond acceptors (Lipinski definition) is 3. The molecule has 0 aliphatic rings. The molecular formula is C23H17F2NO2S. The highest BCUT2D eigenvalue weighted by Crippen LogP contribution is 2.37. The lowest BCUT2D eigenvalue weighted by Gasteiger charge is -2.14. The van der Waals surface area contributed by atoms with Crippen molar-refractivity contribution in [3.63, 3.8) is 0 Å². The van der Waals surface area contributed by atoms with Gasteiger partial charge in [-0.05, 0) is 73.0 Å². The number of aromatic nitrogens is 1. The Morgan fingerprint density at radius 1 is 0.828 bits per heavy atom. The van der Waals surface area contributed by atoms with Crippen molar-refractivity contribution in [1.82, 2.24) is 4.98 Å². The number of rotatable bonds is 3. The fraction of sp³-hybridized carbons (Fsp3) is 0.0870. The van der Waals surface area contributed by atoms with Crippen molar-refractivity contribution in [2.75, 3.05) is 0 Å². The molecule has 0 saturated carbocycles. The minimum Gasteiger partial charge on any atom is -0.255 e. The Kier molecular flexibility index (Phi) is 4.67. The van der Waals surface area contributed by atoms with E-state index in [9.17, 15) is 17.2 Å². The predicted molar refractivity (Wildman–Crippen MR) is 108 cm³/mol. The van der Waals surface area contributed by atoms with Gasteiger partial charge in [0.15, 0.2) is 0 Å². The van der Waals surface area contributed by atoms with Crippen LogP contribution in [0.1, 0.15) is 11.1 Å². The highest BCUT2D eigenvalue weighted by molar-refractivity contribution is 7.91. The van der Waals surface area contributed by atoms with Crippen LogP contribution in [0.3, 0.4) is 0 Å². The molecule has 0 saturated heterocycles. The Balaban J connectivity index is 2.09. The van der Waals surface area contributed by atoms with E-state index < -0.39 is 21.5 Å². The fourth-order valence-electron chi connectivity index (χ4n) is 3.30. The number of aryl methyl sites for hydroxylation is 2. The first kappa shape index (κ1) is 19.2. The van der Waals surface area contributed by atoms with Gasteiger partial charge in [0.05, 0.1) is 15.3 Å². The van der Waals surface area contributed by atoms with Gasteiger partial charge in [-0.15, -0.1) is 0 Å². The molecule has 0 amide bonds. The van der Waals surface area contributed by atoms with Gasteiger partial charge in [-0.3, -0.25) is 4.98 Å². The molecule has 3 nitrogen and oxygen atoms in total. The molecule has 0 aliphatic heterocycles. The summed E-state index contributed by atoms with van der Waals surface area (Å²) in [6.45, 7) is 3.72. The first-order valence-electron chi connectivity index (χ1n) is 8.94. The second kappa shape index (κ2) is 7.04. The Morgan fingerprint density at radius 3 is 2.31 bits per heavy atom. The van der Waals surface area contributed by atoms with E-state index in [0.717, 1.165) is 11.1 Å². The zero-order chi connectivity index (χ0) is 20.8. The standard InChI is InChI=1S/C23H17F2NO2S/c1-14-6-8-19(10-15(14)2)29(27,28)22-13-26-21-9-7-18(25)12-20(21)23(22)16-4-3-5-17(24)11-16/h3-13H,1-2H3. The highest BCUT2D eigenvalue weighted by Gasteiger charge is 2.25. The number of fused-ring (bicyclic) bond motifs is 1. The van der Waals surface area contributed by atoms with E-state index in [-0.39, 0.29) is 15.4 Å². The summed E-state index contributed by atoms with van der Waals surface area (Å²) in [6.07, 6.45) is 1.25. The average Bonchev–Trinajstić information content (AvgIpc) is 2.69. The Labute approximate surface area is 167 Å². The minimum atomic E-state index is -3.98. The third-order valence-electron chi connectivity index (χ3n) is 4.99. The van der Waals surface area contributed by atoms with Gasteiger partial charge in [0.25, 0.3) is 0 Å². The van der Waals surface area contributed by atoms with E-state index in [1.54, 1.807) is 18.2 Å². The summed E-state index contributed by atoms with van der Waals surface area (Å²) in [4.78, 5) is 4.24. The normalized spacial score (nSPS) is 11.7. The predicted octanol–water partition coefficient (Wildman–Crippen LogP) is 5.63. The van der Waals surface area contributed by atoms with Gasteiger partial charge in [0.1, 0.15) is 11.6 Å². The second-order valence-corrected chi connectivity index (χ2v) is 8.84. The molecule has 1 aromatic heterocycles. The molecule has 146 valence electrons. The van der Waals surface area contributed by atoms with Gasteiger partial charge in [0, 0.05) is 17.1 Å². The van der Waals surface area contributed by atoms with Crippen molar-refractivity contribution >= 4 is 20.7 Å². The van der Waals surface area contributed by atoms with Crippen molar-refractivity contribution < 1.29 is 17.2 Å². The van der Waals surface area contributed by atoms with Gasteiger partial charge < -0.3 is 0 Å². The van der Waals surface area contributed by atoms with Crippen LogP contribution in [0.15, 0.2) is 76.7 Å². The largest absolute Gasteiger partial charge is 0.255 e. The van der Waals surface area contributed by atoms with Crippen LogP contribution in [0.2, 0.25) is 0 Å². The number of hydrogen-bond donors (Lipinski definition) is 0. The molecule has 0 bridgehead atoms. The van der Waals surface area contributed by atoms with Crippen LogP contribution >= 0.6 is 0 Å². The number of pyridine rings is 1. The van der Waals surface area contributed by atoms with Crippen LogP contribution in [0.4, 0.5) is 8.78 Å². The Hall–Kier alpha value is -3.12. The van der Waals surface area contributed by atoms with Crippen molar-refractivity contribution in [3.8, 4) is 11.1 Å². The molecule has 3 aromatic carbocycles. The van der Waals surface area contributed by atoms with Crippen LogP contribution in [-0.4, -0.2) is 13.4 Å². The van der Waals surface area contributed by atoms with E-state index in [2.05, 4.69) is 4.98 Å². The molecule has 29 heavy (non-hydrogen) atoms. The number of benzene rings is 3. The summed E-state index contributed by atoms with van der Waals surface area (Å²) in [7, 11) is -3.98. The second-order valence-electron chi connectivity index (χ2n) is 6.92. The summed E-state index contributed by atoms with van der Waals surface area (Å²) < 4.78 is 54.9. The quantitative estimate of drug-likeness (QED) is 0.441. The van der Waals surface area contributed by atoms with Crippen molar-refractivity contribution in [2.45, 2.75) is 23.6 Å². The van der Waals surface area contributed by atoms with E-state index in [0.29, 0.717) is 16.5 Å². The van der Waals surface area contributed by atoms with Crippen LogP contribution < -0.4 is 0 Å². The van der Waals surface area contributed by atoms with E-state index in [1.807, 2.05) is 13.8 Å². The number of halogens is 2. The number of nitrogens with zero attached hydrogens (tertiary/aromatic N) is 1. The topological polar surface area (TPSA) is 47.0 Å². The van der Waals surface area contributed by atoms with Crippen LogP contribution in [-0.2, 0) is 9.84 Å². The van der Waals surface area contributed by atoms with Gasteiger partial charge in [-0.1, -0.05) is 18.2 Å². The van der Waals surface area contributed by atoms with Gasteiger partial charge >= 0.3 is 0 Å². The van der Waals surface area contributed by atoms with Crippen LogP contribution in [0.5, 0.6) is 0 Å². The minimum absolute atomic E-state index is 0.0931. The average molecular weight is 409 g/mol. The third-order valence-corrected chi connectivity index (χ3v) is 6.75. The van der Waals surface area contributed by atoms with E-state index >= 15 is 0 Å². The summed E-state index contributed by atoms with van der Waals surface area (Å²) in [5, 5.41) is 0.306. The van der Waals surface area contributed by atoms with E-state index in [4.69, 9.17) is 0 Å². The molecule has 4 aromatic rings. The number of sulfone groups is 1. The molecular weight excluding hydrogens is 392 g/mol. The van der Waals surface area contributed by atoms with Crippen molar-refractivity contribution in [3.05, 3.63) is 89.6 Å². The van der Waals surface area contributed by atoms with Gasteiger partial charge in [-0.2, -0.15) is 0 Å². The first-order chi connectivity index (χ1) is 13.8. The lowest BCUT2D eigenvalue weighted by molar-refractivity contribution is 0.595. The van der Waals surface area contributed by atoms with E-state index in [1.165, 1.54) is 48.7 Å². The fourth-order valence-corrected chi connectivity index (χ4v) is 4.82. The Morgan fingerprint density at radius 2 is 1.59 bits per heavy atom. The molecule has 0 spiro atoms. The lowest BCUT2D eigenvalue weighted by Crippen LogP contribution is -2.06. The first-order valence-corrected chi connectivity index (χ1v) is 10.4. The molecule has 0 radical (unpaired) electrons. The lowest BCUT2D eigenvalue weighted by atomic mass is 10.0. The summed E-state index contributed by atoms with van der Waals surface area (Å²) in [5.74, 6) is -1.05. The summed E-state index contributed by atoms with van der Waals surface area (Å²) in [5.41, 5.74) is 2.79. The molecule has 0 fully saturated rings. The maximum atomic E-state index is 14.0. The maximum absolute atomic E-state index is 14.0. The third kappa shape index (κ3) is 3.40. The summed E-state index contributed by atoms with van der Waals surface area (Å²) >= 11 is 0. The Bertz CT molecular complexity index is 1360. The van der Waals surface area contributed by atoms with Crippen LogP contribution in [0, 0.1) is 25.5 Å². The molecule has 0 aliphatic carbocycles. The van der Waals surface area contributed by atoms with Crippen molar-refractivity contribution in [1.29, 1.82) is 0 Å². The molecule has 1 heterocycles. The summed E-state index contributed by atoms with van der Waals surface area (Å²) in [6, 6.07) is 14.4. The maximum Gasteiger partial charge on any atom is 0.208 e. The highest BCUT2D eigenvalue weighted by atomic mass is 32.2. The molecule has 0 unspecified atom stereocenters. The zero-order valence-electron chi connectivity index (χ0n) is 15.8. The van der Waals surface area contributed by atoms with Crippen molar-refractivity contribution in [2.24, 2.45) is 0 Å². The SMILES string of the molecule is Cc1ccc(S(=O)(=O)c2cnc3ccc(F)cc3c2-c2cccc(F)c2)cc1C. The van der Waals surface area contributed by atoms with Gasteiger partial charge in [-0.25, -0.2) is 17.2 Å².